The maximum absolute atomic E-state index is 13.9. The van der Waals surface area contributed by atoms with E-state index < -0.39 is 11.6 Å². The summed E-state index contributed by atoms with van der Waals surface area (Å²) in [5, 5.41) is 0. The molecule has 0 unspecified atom stereocenters. The van der Waals surface area contributed by atoms with Crippen molar-refractivity contribution < 1.29 is 8.78 Å². The van der Waals surface area contributed by atoms with Crippen molar-refractivity contribution in [3.63, 3.8) is 0 Å². The maximum atomic E-state index is 13.9. The molecule has 0 fully saturated rings. The van der Waals surface area contributed by atoms with E-state index in [2.05, 4.69) is 9.97 Å². The second-order valence-electron chi connectivity index (χ2n) is 4.47. The second kappa shape index (κ2) is 5.54. The summed E-state index contributed by atoms with van der Waals surface area (Å²) in [5.74, 6) is -0.516. The number of aromatic nitrogens is 2. The third kappa shape index (κ3) is 2.87. The number of hydrogen-bond donors (Lipinski definition) is 1. The average molecular weight is 300 g/mol. The van der Waals surface area contributed by atoms with Gasteiger partial charge in [0.15, 0.2) is 0 Å². The number of aromatic amines is 1. The third-order valence-corrected chi connectivity index (χ3v) is 3.22. The Bertz CT molecular complexity index is 844. The first kappa shape index (κ1) is 13.6. The summed E-state index contributed by atoms with van der Waals surface area (Å²) >= 11 is 5.12. The molecule has 0 spiro atoms. The van der Waals surface area contributed by atoms with Crippen molar-refractivity contribution in [3.05, 3.63) is 70.9 Å². The zero-order valence-electron chi connectivity index (χ0n) is 10.8. The van der Waals surface area contributed by atoms with Gasteiger partial charge in [0.2, 0.25) is 0 Å². The highest BCUT2D eigenvalue weighted by molar-refractivity contribution is 7.71. The summed E-state index contributed by atoms with van der Waals surface area (Å²) in [6.07, 6.45) is 0. The summed E-state index contributed by atoms with van der Waals surface area (Å²) in [6, 6.07) is 14.1. The van der Waals surface area contributed by atoms with Crippen molar-refractivity contribution in [1.29, 1.82) is 0 Å². The zero-order chi connectivity index (χ0) is 14.8. The van der Waals surface area contributed by atoms with E-state index in [1.54, 1.807) is 0 Å². The molecule has 0 amide bonds. The minimum absolute atomic E-state index is 0.126. The van der Waals surface area contributed by atoms with Gasteiger partial charge in [-0.05, 0) is 24.3 Å². The minimum atomic E-state index is -0.521. The van der Waals surface area contributed by atoms with Crippen molar-refractivity contribution in [3.8, 4) is 22.6 Å². The summed E-state index contributed by atoms with van der Waals surface area (Å²) < 4.78 is 27.5. The molecule has 104 valence electrons. The Morgan fingerprint density at radius 1 is 0.952 bits per heavy atom. The number of rotatable bonds is 2. The van der Waals surface area contributed by atoms with Crippen LogP contribution < -0.4 is 0 Å². The van der Waals surface area contributed by atoms with Crippen molar-refractivity contribution in [2.24, 2.45) is 0 Å². The molecular formula is C16H10F2N2S. The van der Waals surface area contributed by atoms with Crippen molar-refractivity contribution >= 4 is 12.2 Å². The summed E-state index contributed by atoms with van der Waals surface area (Å²) in [7, 11) is 0. The molecule has 1 heterocycles. The van der Waals surface area contributed by atoms with Crippen LogP contribution in [-0.2, 0) is 0 Å². The van der Waals surface area contributed by atoms with Gasteiger partial charge in [-0.1, -0.05) is 42.5 Å². The standard InChI is InChI=1S/C16H10F2N2S/c17-11-6-7-13(18)12(8-11)14-9-15(21)20-16(19-14)10-4-2-1-3-5-10/h1-9H,(H,19,20,21). The van der Waals surface area contributed by atoms with Gasteiger partial charge >= 0.3 is 0 Å². The van der Waals surface area contributed by atoms with Crippen molar-refractivity contribution in [2.75, 3.05) is 0 Å². The lowest BCUT2D eigenvalue weighted by atomic mass is 10.1. The van der Waals surface area contributed by atoms with Crippen LogP contribution in [0.4, 0.5) is 8.78 Å². The first-order chi connectivity index (χ1) is 10.1. The van der Waals surface area contributed by atoms with Gasteiger partial charge in [0, 0.05) is 11.1 Å². The first-order valence-electron chi connectivity index (χ1n) is 6.26. The van der Waals surface area contributed by atoms with Crippen LogP contribution in [0.5, 0.6) is 0 Å². The highest BCUT2D eigenvalue weighted by atomic mass is 32.1. The van der Waals surface area contributed by atoms with Gasteiger partial charge in [-0.25, -0.2) is 13.8 Å². The number of nitrogens with zero attached hydrogens (tertiary/aromatic N) is 1. The van der Waals surface area contributed by atoms with E-state index in [0.717, 1.165) is 23.8 Å². The molecule has 0 bridgehead atoms. The molecule has 0 aliphatic rings. The van der Waals surface area contributed by atoms with Crippen molar-refractivity contribution in [2.45, 2.75) is 0 Å². The van der Waals surface area contributed by atoms with Crippen LogP contribution in [0, 0.1) is 16.3 Å². The van der Waals surface area contributed by atoms with Crippen LogP contribution in [0.2, 0.25) is 0 Å². The van der Waals surface area contributed by atoms with Crippen molar-refractivity contribution in [1.82, 2.24) is 9.97 Å². The minimum Gasteiger partial charge on any atom is -0.339 e. The van der Waals surface area contributed by atoms with Crippen LogP contribution in [0.3, 0.4) is 0 Å². The number of halogens is 2. The van der Waals surface area contributed by atoms with E-state index in [1.165, 1.54) is 6.07 Å². The molecule has 0 saturated carbocycles. The molecule has 0 atom stereocenters. The predicted molar refractivity (Wildman–Crippen MR) is 80.2 cm³/mol. The van der Waals surface area contributed by atoms with Crippen LogP contribution in [0.25, 0.3) is 22.6 Å². The molecule has 0 saturated heterocycles. The van der Waals surface area contributed by atoms with Crippen LogP contribution in [0.1, 0.15) is 0 Å². The van der Waals surface area contributed by atoms with Gasteiger partial charge in [-0.15, -0.1) is 0 Å². The average Bonchev–Trinajstić information content (AvgIpc) is 2.50. The fourth-order valence-electron chi connectivity index (χ4n) is 2.04. The fourth-order valence-corrected chi connectivity index (χ4v) is 2.25. The number of H-pyrrole nitrogens is 1. The Kier molecular flexibility index (Phi) is 3.58. The van der Waals surface area contributed by atoms with Gasteiger partial charge in [0.05, 0.1) is 5.69 Å². The number of nitrogens with one attached hydrogen (secondary N) is 1. The van der Waals surface area contributed by atoms with Gasteiger partial charge in [-0.2, -0.15) is 0 Å². The Balaban J connectivity index is 2.19. The number of hydrogen-bond acceptors (Lipinski definition) is 2. The van der Waals surface area contributed by atoms with E-state index in [-0.39, 0.29) is 5.56 Å². The zero-order valence-corrected chi connectivity index (χ0v) is 11.6. The molecule has 1 N–H and O–H groups in total. The van der Waals surface area contributed by atoms with Gasteiger partial charge in [0.25, 0.3) is 0 Å². The maximum Gasteiger partial charge on any atom is 0.139 e. The molecule has 3 aromatic rings. The van der Waals surface area contributed by atoms with Gasteiger partial charge in [0.1, 0.15) is 22.1 Å². The number of benzene rings is 2. The molecule has 0 radical (unpaired) electrons. The quantitative estimate of drug-likeness (QED) is 0.692. The fraction of sp³-hybridized carbons (Fsp3) is 0. The second-order valence-corrected chi connectivity index (χ2v) is 4.89. The highest BCUT2D eigenvalue weighted by Crippen LogP contribution is 2.24. The highest BCUT2D eigenvalue weighted by Gasteiger charge is 2.09. The SMILES string of the molecule is Fc1ccc(F)c(-c2cc(=S)nc(-c3ccccc3)[nH]2)c1. The molecular weight excluding hydrogens is 290 g/mol. The molecule has 0 aliphatic carbocycles. The van der Waals surface area contributed by atoms with E-state index in [4.69, 9.17) is 12.2 Å². The Labute approximate surface area is 125 Å². The lowest BCUT2D eigenvalue weighted by molar-refractivity contribution is 0.602. The largest absolute Gasteiger partial charge is 0.339 e. The summed E-state index contributed by atoms with van der Waals surface area (Å²) in [4.78, 5) is 7.23. The topological polar surface area (TPSA) is 28.7 Å². The van der Waals surface area contributed by atoms with Crippen LogP contribution >= 0.6 is 12.2 Å². The lowest BCUT2D eigenvalue weighted by Crippen LogP contribution is -1.95. The predicted octanol–water partition coefficient (Wildman–Crippen LogP) is 4.75. The first-order valence-corrected chi connectivity index (χ1v) is 6.66. The van der Waals surface area contributed by atoms with Crippen LogP contribution in [0.15, 0.2) is 54.6 Å². The molecule has 1 aromatic heterocycles. The Hall–Kier alpha value is -2.40. The third-order valence-electron chi connectivity index (χ3n) is 3.01. The Morgan fingerprint density at radius 2 is 1.71 bits per heavy atom. The van der Waals surface area contributed by atoms with E-state index in [1.807, 2.05) is 30.3 Å². The van der Waals surface area contributed by atoms with Gasteiger partial charge in [-0.3, -0.25) is 0 Å². The molecule has 2 nitrogen and oxygen atoms in total. The summed E-state index contributed by atoms with van der Waals surface area (Å²) in [6.45, 7) is 0. The van der Waals surface area contributed by atoms with Crippen LogP contribution in [-0.4, -0.2) is 9.97 Å². The molecule has 21 heavy (non-hydrogen) atoms. The van der Waals surface area contributed by atoms with Gasteiger partial charge < -0.3 is 4.98 Å². The molecule has 2 aromatic carbocycles. The van der Waals surface area contributed by atoms with E-state index in [0.29, 0.717) is 16.2 Å². The Morgan fingerprint density at radius 3 is 2.48 bits per heavy atom. The summed E-state index contributed by atoms with van der Waals surface area (Å²) in [5.41, 5.74) is 1.34. The normalized spacial score (nSPS) is 10.6. The van der Waals surface area contributed by atoms with E-state index in [9.17, 15) is 8.78 Å². The molecule has 3 rings (SSSR count). The molecule has 0 aliphatic heterocycles. The van der Waals surface area contributed by atoms with E-state index >= 15 is 0 Å². The monoisotopic (exact) mass is 300 g/mol. The molecule has 5 heteroatoms. The lowest BCUT2D eigenvalue weighted by Gasteiger charge is -2.07. The smallest absolute Gasteiger partial charge is 0.139 e.